The van der Waals surface area contributed by atoms with Crippen LogP contribution in [0.3, 0.4) is 0 Å². The summed E-state index contributed by atoms with van der Waals surface area (Å²) in [5, 5.41) is 31.9. The molecule has 2 aliphatic heterocycles. The number of ketones is 1. The Balaban J connectivity index is 1.12. The number of rotatable bonds is 7. The second kappa shape index (κ2) is 9.46. The monoisotopic (exact) mass is 563 g/mol. The number of benzene rings is 1. The van der Waals surface area contributed by atoms with Gasteiger partial charge in [0.1, 0.15) is 5.75 Å². The number of carbonyl (C=O) groups is 1. The minimum atomic E-state index is -1.13. The molecule has 220 valence electrons. The Hall–Kier alpha value is -2.59. The van der Waals surface area contributed by atoms with Crippen LogP contribution in [0, 0.1) is 34.0 Å². The maximum atomic E-state index is 13.9. The fraction of sp³-hybridized carbons (Fsp3) is 0.656. The van der Waals surface area contributed by atoms with Gasteiger partial charge in [0.2, 0.25) is 0 Å². The Morgan fingerprint density at radius 3 is 2.71 bits per heavy atom. The molecule has 2 aromatic rings. The van der Waals surface area contributed by atoms with E-state index in [4.69, 9.17) is 14.2 Å². The third-order valence-corrected chi connectivity index (χ3v) is 11.4. The number of hydrogen-bond acceptors (Lipinski definition) is 8. The van der Waals surface area contributed by atoms with Crippen molar-refractivity contribution in [2.45, 2.75) is 83.5 Å². The van der Waals surface area contributed by atoms with Crippen molar-refractivity contribution in [3.63, 3.8) is 0 Å². The van der Waals surface area contributed by atoms with Crippen LogP contribution in [0.5, 0.6) is 5.75 Å². The molecular weight excluding hydrogens is 522 g/mol. The van der Waals surface area contributed by atoms with E-state index in [1.54, 1.807) is 7.11 Å². The second-order valence-electron chi connectivity index (χ2n) is 13.7. The van der Waals surface area contributed by atoms with E-state index >= 15 is 0 Å². The summed E-state index contributed by atoms with van der Waals surface area (Å²) < 4.78 is 20.3. The van der Waals surface area contributed by atoms with E-state index in [0.717, 1.165) is 36.3 Å². The molecule has 1 aromatic carbocycles. The topological polar surface area (TPSA) is 116 Å². The highest BCUT2D eigenvalue weighted by Gasteiger charge is 2.81. The molecule has 4 saturated carbocycles. The van der Waals surface area contributed by atoms with E-state index in [-0.39, 0.29) is 17.1 Å². The van der Waals surface area contributed by atoms with Gasteiger partial charge in [0.05, 0.1) is 49.7 Å². The normalized spacial score (nSPS) is 40.4. The molecule has 4 aliphatic carbocycles. The first kappa shape index (κ1) is 27.3. The van der Waals surface area contributed by atoms with Crippen molar-refractivity contribution in [2.24, 2.45) is 34.0 Å². The van der Waals surface area contributed by atoms with Crippen LogP contribution in [0.25, 0.3) is 0 Å². The number of aliphatic hydroxyl groups is 2. The lowest BCUT2D eigenvalue weighted by Crippen LogP contribution is -2.78. The zero-order chi connectivity index (χ0) is 28.7. The van der Waals surface area contributed by atoms with Crippen molar-refractivity contribution >= 4 is 5.78 Å². The van der Waals surface area contributed by atoms with Crippen LogP contribution in [0.15, 0.2) is 42.6 Å². The quantitative estimate of drug-likeness (QED) is 0.493. The van der Waals surface area contributed by atoms with Gasteiger partial charge in [0.25, 0.3) is 0 Å². The molecule has 6 fully saturated rings. The predicted molar refractivity (Wildman–Crippen MR) is 149 cm³/mol. The van der Waals surface area contributed by atoms with Gasteiger partial charge in [0.15, 0.2) is 12.1 Å². The number of carbonyl (C=O) groups excluding carboxylic acids is 1. The average Bonchev–Trinajstić information content (AvgIpc) is 3.44. The third kappa shape index (κ3) is 3.71. The average molecular weight is 564 g/mol. The Bertz CT molecular complexity index is 1360. The summed E-state index contributed by atoms with van der Waals surface area (Å²) in [7, 11) is 1.65. The molecule has 9 nitrogen and oxygen atoms in total. The number of aromatic nitrogens is 3. The SMILES string of the molecule is C=C1C(=O)[C@]23[C@H](O)[C@H]1C[C@H](O)[C@H]2[C@]12CCCC(C)(C)[C@H]1C[C@H]3O[C@@H]2OCCc1cn(Cc2ccc(OC)cc2)nn1. The van der Waals surface area contributed by atoms with E-state index in [2.05, 4.69) is 30.7 Å². The molecule has 2 N–H and O–H groups in total. The van der Waals surface area contributed by atoms with Crippen LogP contribution >= 0.6 is 0 Å². The molecule has 9 heteroatoms. The summed E-state index contributed by atoms with van der Waals surface area (Å²) in [5.41, 5.74) is 0.694. The predicted octanol–water partition coefficient (Wildman–Crippen LogP) is 3.32. The van der Waals surface area contributed by atoms with Gasteiger partial charge in [-0.25, -0.2) is 4.68 Å². The maximum absolute atomic E-state index is 13.9. The molecule has 9 atom stereocenters. The van der Waals surface area contributed by atoms with E-state index in [1.165, 1.54) is 0 Å². The number of fused-ring (bicyclic) bond motifs is 2. The van der Waals surface area contributed by atoms with E-state index in [1.807, 2.05) is 35.1 Å². The molecule has 1 aromatic heterocycles. The third-order valence-electron chi connectivity index (χ3n) is 11.4. The fourth-order valence-corrected chi connectivity index (χ4v) is 9.79. The van der Waals surface area contributed by atoms with Crippen LogP contribution in [-0.2, 0) is 27.2 Å². The molecule has 3 heterocycles. The largest absolute Gasteiger partial charge is 0.497 e. The fourth-order valence-electron chi connectivity index (χ4n) is 9.79. The molecule has 0 radical (unpaired) electrons. The number of hydrogen-bond donors (Lipinski definition) is 2. The van der Waals surface area contributed by atoms with Crippen molar-refractivity contribution < 1.29 is 29.2 Å². The molecule has 0 amide bonds. The zero-order valence-corrected chi connectivity index (χ0v) is 24.2. The van der Waals surface area contributed by atoms with Gasteiger partial charge in [-0.1, -0.05) is 44.2 Å². The summed E-state index contributed by atoms with van der Waals surface area (Å²) in [6.45, 7) is 9.66. The highest BCUT2D eigenvalue weighted by atomic mass is 16.7. The number of Topliss-reactive ketones (excluding diaryl/α,β-unsaturated/α-hetero) is 1. The van der Waals surface area contributed by atoms with Gasteiger partial charge in [-0.3, -0.25) is 4.79 Å². The van der Waals surface area contributed by atoms with Crippen LogP contribution in [-0.4, -0.2) is 69.3 Å². The van der Waals surface area contributed by atoms with Gasteiger partial charge in [-0.2, -0.15) is 0 Å². The lowest BCUT2D eigenvalue weighted by molar-refractivity contribution is -0.401. The number of methoxy groups -OCH3 is 1. The molecule has 6 aliphatic rings. The Morgan fingerprint density at radius 2 is 1.95 bits per heavy atom. The molecule has 2 saturated heterocycles. The van der Waals surface area contributed by atoms with Crippen molar-refractivity contribution in [1.29, 1.82) is 0 Å². The van der Waals surface area contributed by atoms with Gasteiger partial charge in [-0.15, -0.1) is 5.10 Å². The standard InChI is InChI=1S/C32H41N3O6/c1-18-22-14-23(36)26-31-12-5-11-30(2,3)24(31)15-25(32(26,27(18)37)28(22)38)41-29(31)40-13-10-20-17-35(34-33-20)16-19-6-8-21(39-4)9-7-19/h6-9,17,22-26,28-29,36,38H,1,5,10-16H2,2-4H3/t22-,23-,24+,25+,26-,28+,29-,31-,32+/m0/s1. The van der Waals surface area contributed by atoms with E-state index in [0.29, 0.717) is 38.0 Å². The number of nitrogens with zero attached hydrogens (tertiary/aromatic N) is 3. The summed E-state index contributed by atoms with van der Waals surface area (Å²) >= 11 is 0. The van der Waals surface area contributed by atoms with Gasteiger partial charge in [-0.05, 0) is 60.3 Å². The molecule has 8 rings (SSSR count). The van der Waals surface area contributed by atoms with Crippen molar-refractivity contribution in [3.8, 4) is 5.75 Å². The number of ether oxygens (including phenoxy) is 3. The van der Waals surface area contributed by atoms with Crippen molar-refractivity contribution in [1.82, 2.24) is 15.0 Å². The van der Waals surface area contributed by atoms with E-state index in [9.17, 15) is 15.0 Å². The second-order valence-corrected chi connectivity index (χ2v) is 13.7. The molecule has 0 unspecified atom stereocenters. The van der Waals surface area contributed by atoms with Gasteiger partial charge < -0.3 is 24.4 Å². The minimum Gasteiger partial charge on any atom is -0.497 e. The van der Waals surface area contributed by atoms with Crippen LogP contribution in [0.2, 0.25) is 0 Å². The first-order valence-electron chi connectivity index (χ1n) is 15.0. The van der Waals surface area contributed by atoms with Gasteiger partial charge >= 0.3 is 0 Å². The zero-order valence-electron chi connectivity index (χ0n) is 24.2. The molecular formula is C32H41N3O6. The molecule has 2 spiro atoms. The lowest BCUT2D eigenvalue weighted by atomic mass is 9.37. The Labute approximate surface area is 240 Å². The lowest BCUT2D eigenvalue weighted by Gasteiger charge is -2.72. The van der Waals surface area contributed by atoms with Crippen molar-refractivity contribution in [3.05, 3.63) is 53.9 Å². The van der Waals surface area contributed by atoms with Gasteiger partial charge in [0, 0.05) is 29.9 Å². The molecule has 41 heavy (non-hydrogen) atoms. The smallest absolute Gasteiger partial charge is 0.170 e. The molecule has 4 bridgehead atoms. The Morgan fingerprint density at radius 1 is 1.17 bits per heavy atom. The van der Waals surface area contributed by atoms with Crippen LogP contribution < -0.4 is 4.74 Å². The number of aliphatic hydroxyl groups excluding tert-OH is 2. The minimum absolute atomic E-state index is 0.00777. The highest BCUT2D eigenvalue weighted by molar-refractivity contribution is 6.04. The van der Waals surface area contributed by atoms with Crippen LogP contribution in [0.1, 0.15) is 57.2 Å². The summed E-state index contributed by atoms with van der Waals surface area (Å²) in [4.78, 5) is 13.9. The summed E-state index contributed by atoms with van der Waals surface area (Å²) in [6.07, 6.45) is 3.76. The highest BCUT2D eigenvalue weighted by Crippen LogP contribution is 2.75. The van der Waals surface area contributed by atoms with Crippen molar-refractivity contribution in [2.75, 3.05) is 13.7 Å². The first-order chi connectivity index (χ1) is 19.6. The van der Waals surface area contributed by atoms with E-state index < -0.39 is 47.3 Å². The summed E-state index contributed by atoms with van der Waals surface area (Å²) in [5.74, 6) is 0.113. The summed E-state index contributed by atoms with van der Waals surface area (Å²) in [6, 6.07) is 7.88. The first-order valence-corrected chi connectivity index (χ1v) is 15.0. The van der Waals surface area contributed by atoms with Crippen LogP contribution in [0.4, 0.5) is 0 Å². The maximum Gasteiger partial charge on any atom is 0.170 e. The Kier molecular flexibility index (Phi) is 6.29.